The molecule has 0 saturated carbocycles. The van der Waals surface area contributed by atoms with Crippen LogP contribution in [0.4, 0.5) is 0 Å². The number of benzene rings is 1. The Morgan fingerprint density at radius 1 is 1.23 bits per heavy atom. The van der Waals surface area contributed by atoms with E-state index in [0.717, 1.165) is 25.9 Å². The van der Waals surface area contributed by atoms with E-state index in [1.807, 2.05) is 12.3 Å². The van der Waals surface area contributed by atoms with E-state index < -0.39 is 0 Å². The fraction of sp³-hybridized carbons (Fsp3) is 0.421. The standard InChI is InChI=1S/C19H24N2O/c1-15-7-8-16-9-10-18(17(16)14-15)20-11-3-5-13-21-12-4-2-6-19(21)22/h2,4,6-8,12,14,18,20H,3,5,9-11,13H2,1H3/t18-/m0/s1. The largest absolute Gasteiger partial charge is 0.316 e. The van der Waals surface area contributed by atoms with Crippen molar-refractivity contribution in [1.82, 2.24) is 9.88 Å². The molecule has 3 rings (SSSR count). The molecule has 116 valence electrons. The molecule has 0 saturated heterocycles. The Morgan fingerprint density at radius 3 is 3.00 bits per heavy atom. The molecular weight excluding hydrogens is 272 g/mol. The summed E-state index contributed by atoms with van der Waals surface area (Å²) >= 11 is 0. The molecule has 1 aromatic heterocycles. The van der Waals surface area contributed by atoms with E-state index in [0.29, 0.717) is 6.04 Å². The fourth-order valence-electron chi connectivity index (χ4n) is 3.26. The van der Waals surface area contributed by atoms with Gasteiger partial charge in [0.25, 0.3) is 0 Å². The van der Waals surface area contributed by atoms with Crippen molar-refractivity contribution in [2.24, 2.45) is 0 Å². The van der Waals surface area contributed by atoms with Crippen LogP contribution < -0.4 is 10.9 Å². The maximum atomic E-state index is 11.6. The molecule has 2 aromatic rings. The third-order valence-electron chi connectivity index (χ3n) is 4.49. The predicted molar refractivity (Wildman–Crippen MR) is 90.2 cm³/mol. The number of aryl methyl sites for hydroxylation is 3. The Morgan fingerprint density at radius 2 is 2.14 bits per heavy atom. The van der Waals surface area contributed by atoms with Crippen molar-refractivity contribution in [3.05, 3.63) is 69.6 Å². The Bertz CT molecular complexity index is 690. The van der Waals surface area contributed by atoms with Crippen LogP contribution in [0.2, 0.25) is 0 Å². The molecule has 0 bridgehead atoms. The van der Waals surface area contributed by atoms with Crippen molar-refractivity contribution in [3.8, 4) is 0 Å². The van der Waals surface area contributed by atoms with Gasteiger partial charge in [0.15, 0.2) is 0 Å². The monoisotopic (exact) mass is 296 g/mol. The van der Waals surface area contributed by atoms with Gasteiger partial charge in [-0.2, -0.15) is 0 Å². The van der Waals surface area contributed by atoms with E-state index in [1.54, 1.807) is 16.7 Å². The zero-order valence-corrected chi connectivity index (χ0v) is 13.2. The highest BCUT2D eigenvalue weighted by Gasteiger charge is 2.21. The van der Waals surface area contributed by atoms with Crippen LogP contribution >= 0.6 is 0 Å². The van der Waals surface area contributed by atoms with Crippen LogP contribution in [-0.2, 0) is 13.0 Å². The number of nitrogens with zero attached hydrogens (tertiary/aromatic N) is 1. The highest BCUT2D eigenvalue weighted by atomic mass is 16.1. The van der Waals surface area contributed by atoms with Gasteiger partial charge in [-0.15, -0.1) is 0 Å². The van der Waals surface area contributed by atoms with E-state index in [-0.39, 0.29) is 5.56 Å². The average molecular weight is 296 g/mol. The molecule has 1 aliphatic carbocycles. The van der Waals surface area contributed by atoms with Crippen LogP contribution in [-0.4, -0.2) is 11.1 Å². The summed E-state index contributed by atoms with van der Waals surface area (Å²) in [5.74, 6) is 0. The number of fused-ring (bicyclic) bond motifs is 1. The average Bonchev–Trinajstić information content (AvgIpc) is 2.91. The van der Waals surface area contributed by atoms with E-state index >= 15 is 0 Å². The lowest BCUT2D eigenvalue weighted by Crippen LogP contribution is -2.22. The summed E-state index contributed by atoms with van der Waals surface area (Å²) in [4.78, 5) is 11.6. The minimum absolute atomic E-state index is 0.0932. The Hall–Kier alpha value is -1.87. The maximum absolute atomic E-state index is 11.6. The summed E-state index contributed by atoms with van der Waals surface area (Å²) in [6, 6.07) is 12.6. The van der Waals surface area contributed by atoms with Crippen molar-refractivity contribution in [2.75, 3.05) is 6.54 Å². The highest BCUT2D eigenvalue weighted by molar-refractivity contribution is 5.37. The summed E-state index contributed by atoms with van der Waals surface area (Å²) in [7, 11) is 0. The number of unbranched alkanes of at least 4 members (excludes halogenated alkanes) is 1. The van der Waals surface area contributed by atoms with Gasteiger partial charge in [0.1, 0.15) is 0 Å². The SMILES string of the molecule is Cc1ccc2c(c1)[C@@H](NCCCCn1ccccc1=O)CC2. The lowest BCUT2D eigenvalue weighted by molar-refractivity contribution is 0.495. The van der Waals surface area contributed by atoms with Crippen molar-refractivity contribution < 1.29 is 0 Å². The van der Waals surface area contributed by atoms with Gasteiger partial charge in [0.2, 0.25) is 5.56 Å². The first kappa shape index (κ1) is 15.0. The van der Waals surface area contributed by atoms with Crippen LogP contribution in [0.1, 0.15) is 42.0 Å². The number of rotatable bonds is 6. The second-order valence-corrected chi connectivity index (χ2v) is 6.19. The van der Waals surface area contributed by atoms with Crippen LogP contribution in [0, 0.1) is 6.92 Å². The molecule has 22 heavy (non-hydrogen) atoms. The molecule has 0 amide bonds. The van der Waals surface area contributed by atoms with Crippen molar-refractivity contribution in [1.29, 1.82) is 0 Å². The van der Waals surface area contributed by atoms with Gasteiger partial charge >= 0.3 is 0 Å². The lowest BCUT2D eigenvalue weighted by Gasteiger charge is -2.14. The zero-order chi connectivity index (χ0) is 15.4. The van der Waals surface area contributed by atoms with E-state index in [9.17, 15) is 4.79 Å². The summed E-state index contributed by atoms with van der Waals surface area (Å²) in [6.45, 7) is 3.98. The molecule has 1 atom stereocenters. The molecule has 1 heterocycles. The minimum Gasteiger partial charge on any atom is -0.316 e. The third kappa shape index (κ3) is 3.47. The second kappa shape index (κ2) is 6.93. The van der Waals surface area contributed by atoms with Gasteiger partial charge in [-0.05, 0) is 56.3 Å². The lowest BCUT2D eigenvalue weighted by atomic mass is 10.0. The van der Waals surface area contributed by atoms with E-state index in [4.69, 9.17) is 0 Å². The Labute approximate surface area is 132 Å². The van der Waals surface area contributed by atoms with Gasteiger partial charge in [0, 0.05) is 24.8 Å². The van der Waals surface area contributed by atoms with Crippen LogP contribution in [0.25, 0.3) is 0 Å². The van der Waals surface area contributed by atoms with E-state index in [1.165, 1.54) is 29.5 Å². The molecule has 3 heteroatoms. The summed E-state index contributed by atoms with van der Waals surface area (Å²) in [6.07, 6.45) is 6.39. The molecule has 0 unspecified atom stereocenters. The molecule has 0 spiro atoms. The van der Waals surface area contributed by atoms with Crippen LogP contribution in [0.5, 0.6) is 0 Å². The predicted octanol–water partition coefficient (Wildman–Crippen LogP) is 3.21. The first-order valence-electron chi connectivity index (χ1n) is 8.22. The number of pyridine rings is 1. The molecule has 0 radical (unpaired) electrons. The fourth-order valence-corrected chi connectivity index (χ4v) is 3.26. The number of nitrogens with one attached hydrogen (secondary N) is 1. The van der Waals surface area contributed by atoms with Gasteiger partial charge in [0.05, 0.1) is 0 Å². The van der Waals surface area contributed by atoms with Crippen molar-refractivity contribution in [2.45, 2.75) is 45.2 Å². The molecule has 1 aromatic carbocycles. The molecule has 0 aliphatic heterocycles. The summed E-state index contributed by atoms with van der Waals surface area (Å²) in [5.41, 5.74) is 4.42. The Kier molecular flexibility index (Phi) is 4.74. The van der Waals surface area contributed by atoms with Crippen LogP contribution in [0.3, 0.4) is 0 Å². The van der Waals surface area contributed by atoms with Crippen molar-refractivity contribution >= 4 is 0 Å². The highest BCUT2D eigenvalue weighted by Crippen LogP contribution is 2.31. The van der Waals surface area contributed by atoms with E-state index in [2.05, 4.69) is 30.4 Å². The van der Waals surface area contributed by atoms with Crippen molar-refractivity contribution in [3.63, 3.8) is 0 Å². The summed E-state index contributed by atoms with van der Waals surface area (Å²) in [5, 5.41) is 3.68. The van der Waals surface area contributed by atoms with Gasteiger partial charge in [-0.1, -0.05) is 29.8 Å². The molecule has 3 nitrogen and oxygen atoms in total. The summed E-state index contributed by atoms with van der Waals surface area (Å²) < 4.78 is 1.79. The first-order valence-corrected chi connectivity index (χ1v) is 8.22. The minimum atomic E-state index is 0.0932. The maximum Gasteiger partial charge on any atom is 0.250 e. The smallest absolute Gasteiger partial charge is 0.250 e. The molecule has 1 N–H and O–H groups in total. The van der Waals surface area contributed by atoms with Gasteiger partial charge in [-0.25, -0.2) is 0 Å². The van der Waals surface area contributed by atoms with Gasteiger partial charge < -0.3 is 9.88 Å². The topological polar surface area (TPSA) is 34.0 Å². The normalized spacial score (nSPS) is 16.7. The number of aromatic nitrogens is 1. The number of hydrogen-bond donors (Lipinski definition) is 1. The third-order valence-corrected chi connectivity index (χ3v) is 4.49. The molecule has 0 fully saturated rings. The Balaban J connectivity index is 1.44. The first-order chi connectivity index (χ1) is 10.7. The number of hydrogen-bond acceptors (Lipinski definition) is 2. The zero-order valence-electron chi connectivity index (χ0n) is 13.2. The molecular formula is C19H24N2O. The van der Waals surface area contributed by atoms with Gasteiger partial charge in [-0.3, -0.25) is 4.79 Å². The second-order valence-electron chi connectivity index (χ2n) is 6.19. The quantitative estimate of drug-likeness (QED) is 0.831. The molecule has 1 aliphatic rings. The van der Waals surface area contributed by atoms with Crippen LogP contribution in [0.15, 0.2) is 47.4 Å².